The molecule has 2 amide bonds. The fourth-order valence-corrected chi connectivity index (χ4v) is 2.69. The van der Waals surface area contributed by atoms with Crippen LogP contribution in [0.2, 0.25) is 0 Å². The molecule has 2 N–H and O–H groups in total. The van der Waals surface area contributed by atoms with E-state index in [1.807, 2.05) is 25.1 Å². The number of carbonyl (C=O) groups is 2. The number of hydrogen-bond donors (Lipinski definition) is 2. The topological polar surface area (TPSA) is 106 Å². The number of anilines is 1. The van der Waals surface area contributed by atoms with Crippen LogP contribution in [0.25, 0.3) is 11.3 Å². The second kappa shape index (κ2) is 8.99. The summed E-state index contributed by atoms with van der Waals surface area (Å²) >= 11 is 0. The van der Waals surface area contributed by atoms with Gasteiger partial charge in [0.2, 0.25) is 0 Å². The highest BCUT2D eigenvalue weighted by molar-refractivity contribution is 5.99. The molecule has 0 saturated heterocycles. The predicted octanol–water partition coefficient (Wildman–Crippen LogP) is 2.50. The molecule has 0 bridgehead atoms. The van der Waals surface area contributed by atoms with Crippen molar-refractivity contribution in [1.82, 2.24) is 16.0 Å². The highest BCUT2D eigenvalue weighted by Gasteiger charge is 2.18. The van der Waals surface area contributed by atoms with Crippen molar-refractivity contribution in [2.45, 2.75) is 0 Å². The van der Waals surface area contributed by atoms with E-state index >= 15 is 0 Å². The molecule has 0 spiro atoms. The lowest BCUT2D eigenvalue weighted by atomic mass is 10.1. The fourth-order valence-electron chi connectivity index (χ4n) is 2.69. The van der Waals surface area contributed by atoms with Crippen LogP contribution in [-0.2, 0) is 0 Å². The number of amides is 2. The third kappa shape index (κ3) is 4.52. The zero-order valence-electron chi connectivity index (χ0n) is 17.1. The van der Waals surface area contributed by atoms with E-state index in [2.05, 4.69) is 16.0 Å². The highest BCUT2D eigenvalue weighted by Crippen LogP contribution is 2.33. The molecule has 0 aliphatic rings. The number of benzene rings is 2. The predicted molar refractivity (Wildman–Crippen MR) is 111 cm³/mol. The zero-order chi connectivity index (χ0) is 21.7. The van der Waals surface area contributed by atoms with Crippen LogP contribution in [0.3, 0.4) is 0 Å². The number of ether oxygens (including phenoxy) is 2. The minimum Gasteiger partial charge on any atom is -0.497 e. The number of rotatable bonds is 6. The average molecular weight is 410 g/mol. The zero-order valence-corrected chi connectivity index (χ0v) is 17.1. The quantitative estimate of drug-likeness (QED) is 0.602. The maximum Gasteiger partial charge on any atom is 0.291 e. The Hall–Kier alpha value is -4.01. The smallest absolute Gasteiger partial charge is 0.291 e. The van der Waals surface area contributed by atoms with E-state index in [1.54, 1.807) is 43.5 Å². The van der Waals surface area contributed by atoms with Crippen molar-refractivity contribution < 1.29 is 23.6 Å². The van der Waals surface area contributed by atoms with Gasteiger partial charge in [-0.1, -0.05) is 11.2 Å². The Kier molecular flexibility index (Phi) is 6.21. The molecule has 0 aliphatic heterocycles. The standard InChI is InChI=1S/C21H22N4O5/c1-25(2)14-7-5-6-13(10-14)20(26)22-23-21(27)17-12-19(30-24-17)16-11-15(28-3)8-9-18(16)29-4/h5-12H,1-4H3,(H,22,26)(H,23,27). The summed E-state index contributed by atoms with van der Waals surface area (Å²) in [6, 6.07) is 13.6. The molecule has 0 saturated carbocycles. The monoisotopic (exact) mass is 410 g/mol. The van der Waals surface area contributed by atoms with Gasteiger partial charge in [-0.05, 0) is 36.4 Å². The van der Waals surface area contributed by atoms with Crippen LogP contribution < -0.4 is 25.2 Å². The minimum absolute atomic E-state index is 0.00258. The van der Waals surface area contributed by atoms with Gasteiger partial charge in [0.25, 0.3) is 11.8 Å². The molecule has 0 aliphatic carbocycles. The lowest BCUT2D eigenvalue weighted by molar-refractivity contribution is 0.0841. The van der Waals surface area contributed by atoms with Gasteiger partial charge in [-0.3, -0.25) is 20.4 Å². The molecule has 30 heavy (non-hydrogen) atoms. The van der Waals surface area contributed by atoms with Gasteiger partial charge in [0.1, 0.15) is 11.5 Å². The van der Waals surface area contributed by atoms with Crippen molar-refractivity contribution in [3.05, 3.63) is 59.8 Å². The van der Waals surface area contributed by atoms with Gasteiger partial charge in [-0.2, -0.15) is 0 Å². The molecule has 1 heterocycles. The minimum atomic E-state index is -0.621. The number of nitrogens with one attached hydrogen (secondary N) is 2. The maximum absolute atomic E-state index is 12.4. The maximum atomic E-state index is 12.4. The summed E-state index contributed by atoms with van der Waals surface area (Å²) < 4.78 is 15.8. The summed E-state index contributed by atoms with van der Waals surface area (Å²) in [7, 11) is 6.81. The van der Waals surface area contributed by atoms with Crippen LogP contribution >= 0.6 is 0 Å². The van der Waals surface area contributed by atoms with Crippen LogP contribution in [0.15, 0.2) is 53.1 Å². The van der Waals surface area contributed by atoms with Crippen molar-refractivity contribution in [2.24, 2.45) is 0 Å². The first kappa shape index (κ1) is 20.7. The molecule has 0 fully saturated rings. The van der Waals surface area contributed by atoms with Crippen LogP contribution in [-0.4, -0.2) is 45.3 Å². The Balaban J connectivity index is 1.70. The second-order valence-corrected chi connectivity index (χ2v) is 6.50. The Labute approximate surface area is 173 Å². The van der Waals surface area contributed by atoms with Crippen molar-refractivity contribution >= 4 is 17.5 Å². The van der Waals surface area contributed by atoms with E-state index in [4.69, 9.17) is 14.0 Å². The van der Waals surface area contributed by atoms with Gasteiger partial charge < -0.3 is 18.9 Å². The number of nitrogens with zero attached hydrogens (tertiary/aromatic N) is 2. The molecular weight excluding hydrogens is 388 g/mol. The SMILES string of the molecule is COc1ccc(OC)c(-c2cc(C(=O)NNC(=O)c3cccc(N(C)C)c3)no2)c1. The Bertz CT molecular complexity index is 1060. The van der Waals surface area contributed by atoms with Gasteiger partial charge >= 0.3 is 0 Å². The van der Waals surface area contributed by atoms with Crippen molar-refractivity contribution in [3.8, 4) is 22.8 Å². The van der Waals surface area contributed by atoms with E-state index in [0.717, 1.165) is 5.69 Å². The van der Waals surface area contributed by atoms with Crippen molar-refractivity contribution in [1.29, 1.82) is 0 Å². The van der Waals surface area contributed by atoms with Gasteiger partial charge in [0.15, 0.2) is 11.5 Å². The number of methoxy groups -OCH3 is 2. The molecule has 3 rings (SSSR count). The summed E-state index contributed by atoms with van der Waals surface area (Å²) in [5.41, 5.74) is 6.54. The molecule has 3 aromatic rings. The van der Waals surface area contributed by atoms with E-state index in [0.29, 0.717) is 28.4 Å². The van der Waals surface area contributed by atoms with Gasteiger partial charge in [0.05, 0.1) is 19.8 Å². The van der Waals surface area contributed by atoms with E-state index in [9.17, 15) is 9.59 Å². The molecule has 0 unspecified atom stereocenters. The third-order valence-corrected chi connectivity index (χ3v) is 4.33. The molecule has 9 heteroatoms. The lowest BCUT2D eigenvalue weighted by Crippen LogP contribution is -2.41. The largest absolute Gasteiger partial charge is 0.497 e. The van der Waals surface area contributed by atoms with E-state index in [1.165, 1.54) is 13.2 Å². The number of aromatic nitrogens is 1. The highest BCUT2D eigenvalue weighted by atomic mass is 16.5. The first-order valence-electron chi connectivity index (χ1n) is 9.00. The van der Waals surface area contributed by atoms with Gasteiger partial charge in [-0.15, -0.1) is 0 Å². The lowest BCUT2D eigenvalue weighted by Gasteiger charge is -2.13. The molecule has 9 nitrogen and oxygen atoms in total. The van der Waals surface area contributed by atoms with Crippen molar-refractivity contribution in [2.75, 3.05) is 33.2 Å². The molecule has 0 radical (unpaired) electrons. The summed E-state index contributed by atoms with van der Waals surface area (Å²) in [6.45, 7) is 0. The van der Waals surface area contributed by atoms with Crippen LogP contribution in [0.4, 0.5) is 5.69 Å². The van der Waals surface area contributed by atoms with Crippen LogP contribution in [0, 0.1) is 0 Å². The van der Waals surface area contributed by atoms with Gasteiger partial charge in [0, 0.05) is 31.4 Å². The van der Waals surface area contributed by atoms with E-state index in [-0.39, 0.29) is 5.69 Å². The third-order valence-electron chi connectivity index (χ3n) is 4.33. The molecule has 0 atom stereocenters. The summed E-state index contributed by atoms with van der Waals surface area (Å²) in [5, 5.41) is 3.77. The van der Waals surface area contributed by atoms with Gasteiger partial charge in [-0.25, -0.2) is 0 Å². The van der Waals surface area contributed by atoms with Crippen LogP contribution in [0.5, 0.6) is 11.5 Å². The summed E-state index contributed by atoms with van der Waals surface area (Å²) in [5.74, 6) is 0.378. The average Bonchev–Trinajstić information content (AvgIpc) is 3.27. The Morgan fingerprint density at radius 1 is 0.967 bits per heavy atom. The first-order valence-corrected chi connectivity index (χ1v) is 9.00. The molecule has 2 aromatic carbocycles. The second-order valence-electron chi connectivity index (χ2n) is 6.50. The number of carbonyl (C=O) groups excluding carboxylic acids is 2. The Morgan fingerprint density at radius 3 is 2.43 bits per heavy atom. The summed E-state index contributed by atoms with van der Waals surface area (Å²) in [6.07, 6.45) is 0. The van der Waals surface area contributed by atoms with Crippen molar-refractivity contribution in [3.63, 3.8) is 0 Å². The molecule has 1 aromatic heterocycles. The first-order chi connectivity index (χ1) is 14.4. The molecular formula is C21H22N4O5. The normalized spacial score (nSPS) is 10.3. The fraction of sp³-hybridized carbons (Fsp3) is 0.190. The summed E-state index contributed by atoms with van der Waals surface area (Å²) in [4.78, 5) is 26.6. The molecule has 156 valence electrons. The van der Waals surface area contributed by atoms with Crippen LogP contribution in [0.1, 0.15) is 20.8 Å². The number of hydrazine groups is 1. The van der Waals surface area contributed by atoms with E-state index < -0.39 is 11.8 Å². The Morgan fingerprint density at radius 2 is 1.73 bits per heavy atom. The number of hydrogen-bond acceptors (Lipinski definition) is 7.